The maximum atomic E-state index is 13.2. The van der Waals surface area contributed by atoms with Gasteiger partial charge in [0.25, 0.3) is 0 Å². The topological polar surface area (TPSA) is 45.5 Å². The predicted octanol–water partition coefficient (Wildman–Crippen LogP) is 4.93. The summed E-state index contributed by atoms with van der Waals surface area (Å²) in [4.78, 5) is 15.7. The molecule has 1 aromatic heterocycles. The molecule has 1 aromatic rings. The van der Waals surface area contributed by atoms with Crippen molar-refractivity contribution in [1.29, 1.82) is 0 Å². The summed E-state index contributed by atoms with van der Waals surface area (Å²) < 4.78 is 6.20. The van der Waals surface area contributed by atoms with E-state index in [1.165, 1.54) is 50.0 Å². The van der Waals surface area contributed by atoms with Crippen molar-refractivity contribution in [1.82, 2.24) is 10.2 Å². The summed E-state index contributed by atoms with van der Waals surface area (Å²) in [5, 5.41) is 3.35. The summed E-state index contributed by atoms with van der Waals surface area (Å²) >= 11 is 4.44. The van der Waals surface area contributed by atoms with Crippen LogP contribution in [0.25, 0.3) is 0 Å². The highest BCUT2D eigenvalue weighted by Gasteiger charge is 2.55. The van der Waals surface area contributed by atoms with E-state index in [9.17, 15) is 4.79 Å². The van der Waals surface area contributed by atoms with E-state index in [-0.39, 0.29) is 12.0 Å². The lowest BCUT2D eigenvalue weighted by Crippen LogP contribution is -2.50. The Morgan fingerprint density at radius 3 is 2.52 bits per heavy atom. The van der Waals surface area contributed by atoms with E-state index in [4.69, 9.17) is 4.42 Å². The Bertz CT molecular complexity index is 667. The van der Waals surface area contributed by atoms with E-state index in [1.54, 1.807) is 6.26 Å². The van der Waals surface area contributed by atoms with Gasteiger partial charge in [0.2, 0.25) is 5.91 Å². The van der Waals surface area contributed by atoms with Gasteiger partial charge in [-0.05, 0) is 75.6 Å². The number of amides is 1. The summed E-state index contributed by atoms with van der Waals surface area (Å²) in [5.74, 6) is 5.54. The molecular formula is C23H34N2O2S2. The minimum absolute atomic E-state index is 0.171. The summed E-state index contributed by atoms with van der Waals surface area (Å²) in [6.45, 7) is 2.88. The summed E-state index contributed by atoms with van der Waals surface area (Å²) in [6, 6.07) is 4.20. The van der Waals surface area contributed by atoms with E-state index in [1.807, 2.05) is 6.07 Å². The molecule has 2 aliphatic heterocycles. The number of nitrogens with one attached hydrogen (secondary N) is 1. The van der Waals surface area contributed by atoms with E-state index >= 15 is 0 Å². The van der Waals surface area contributed by atoms with Gasteiger partial charge in [-0.15, -0.1) is 23.5 Å². The average molecular weight is 435 g/mol. The number of furan rings is 1. The van der Waals surface area contributed by atoms with Crippen LogP contribution in [-0.2, 0) is 4.79 Å². The van der Waals surface area contributed by atoms with Crippen LogP contribution >= 0.6 is 23.5 Å². The highest BCUT2D eigenvalue weighted by Crippen LogP contribution is 2.64. The Labute approximate surface area is 183 Å². The zero-order valence-electron chi connectivity index (χ0n) is 17.3. The van der Waals surface area contributed by atoms with Gasteiger partial charge in [0.15, 0.2) is 0 Å². The fraction of sp³-hybridized carbons (Fsp3) is 0.783. The Morgan fingerprint density at radius 2 is 1.86 bits per heavy atom. The number of thioether (sulfide) groups is 2. The van der Waals surface area contributed by atoms with Crippen molar-refractivity contribution in [2.45, 2.75) is 61.5 Å². The lowest BCUT2D eigenvalue weighted by atomic mass is 9.67. The van der Waals surface area contributed by atoms with Crippen LogP contribution in [0.4, 0.5) is 0 Å². The largest absolute Gasteiger partial charge is 0.468 e. The van der Waals surface area contributed by atoms with Crippen LogP contribution in [0.3, 0.4) is 0 Å². The van der Waals surface area contributed by atoms with Gasteiger partial charge in [-0.25, -0.2) is 0 Å². The molecule has 2 saturated carbocycles. The smallest absolute Gasteiger partial charge is 0.223 e. The molecule has 2 saturated heterocycles. The molecule has 0 radical (unpaired) electrons. The lowest BCUT2D eigenvalue weighted by Gasteiger charge is -2.52. The number of carbonyl (C=O) groups excluding carboxylic acids is 1. The maximum Gasteiger partial charge on any atom is 0.223 e. The van der Waals surface area contributed by atoms with Crippen molar-refractivity contribution in [2.75, 3.05) is 31.1 Å². The quantitative estimate of drug-likeness (QED) is 0.712. The zero-order valence-corrected chi connectivity index (χ0v) is 18.9. The van der Waals surface area contributed by atoms with E-state index < -0.39 is 0 Å². The van der Waals surface area contributed by atoms with Gasteiger partial charge >= 0.3 is 0 Å². The molecule has 2 bridgehead atoms. The second kappa shape index (κ2) is 8.88. The fourth-order valence-electron chi connectivity index (χ4n) is 6.29. The summed E-state index contributed by atoms with van der Waals surface area (Å²) in [6.07, 6.45) is 11.8. The van der Waals surface area contributed by atoms with Gasteiger partial charge in [0, 0.05) is 24.0 Å². The predicted molar refractivity (Wildman–Crippen MR) is 121 cm³/mol. The molecule has 4 aliphatic rings. The normalized spacial score (nSPS) is 32.9. The second-order valence-electron chi connectivity index (χ2n) is 9.28. The molecule has 1 unspecified atom stereocenters. The minimum atomic E-state index is 0.171. The standard InChI is InChI=1S/C23H34N2O2S2/c26-22(17-14-18-6-4-7-19(15-17)23(18)28-12-13-29-23)24-16-20(21-8-5-11-27-21)25-9-2-1-3-10-25/h5,8,11,17-20H,1-4,6-7,9-10,12-16H2,(H,24,26)/t17?,18-,19+,20-/m0/s1. The molecule has 5 rings (SSSR count). The SMILES string of the molecule is O=C(NC[C@@H](c1ccco1)N1CCCCC1)C1C[C@H]2CCC[C@@H](C1)C21SCCS1. The fourth-order valence-corrected chi connectivity index (χ4v) is 10.2. The lowest BCUT2D eigenvalue weighted by molar-refractivity contribution is -0.128. The maximum absolute atomic E-state index is 13.2. The van der Waals surface area contributed by atoms with Crippen LogP contribution in [0.15, 0.2) is 22.8 Å². The molecule has 4 fully saturated rings. The third kappa shape index (κ3) is 4.01. The van der Waals surface area contributed by atoms with Gasteiger partial charge in [-0.1, -0.05) is 12.8 Å². The van der Waals surface area contributed by atoms with Gasteiger partial charge in [0.05, 0.1) is 16.4 Å². The Balaban J connectivity index is 1.23. The summed E-state index contributed by atoms with van der Waals surface area (Å²) in [5.41, 5.74) is 0. The van der Waals surface area contributed by atoms with Crippen LogP contribution in [0.2, 0.25) is 0 Å². The number of nitrogens with zero attached hydrogens (tertiary/aromatic N) is 1. The van der Waals surface area contributed by atoms with Crippen molar-refractivity contribution in [3.05, 3.63) is 24.2 Å². The van der Waals surface area contributed by atoms with Gasteiger partial charge in [0.1, 0.15) is 5.76 Å². The van der Waals surface area contributed by atoms with Crippen molar-refractivity contribution >= 4 is 29.4 Å². The second-order valence-corrected chi connectivity index (χ2v) is 12.3. The van der Waals surface area contributed by atoms with E-state index in [2.05, 4.69) is 39.8 Å². The molecule has 2 aliphatic carbocycles. The molecule has 1 N–H and O–H groups in total. The third-order valence-electron chi connectivity index (χ3n) is 7.66. The number of likely N-dealkylation sites (tertiary alicyclic amines) is 1. The first-order chi connectivity index (χ1) is 14.3. The molecule has 0 aromatic carbocycles. The average Bonchev–Trinajstić information content (AvgIpc) is 3.42. The molecule has 1 spiro atoms. The minimum Gasteiger partial charge on any atom is -0.468 e. The molecule has 29 heavy (non-hydrogen) atoms. The number of carbonyl (C=O) groups is 1. The van der Waals surface area contributed by atoms with Crippen LogP contribution in [0, 0.1) is 17.8 Å². The van der Waals surface area contributed by atoms with Crippen LogP contribution < -0.4 is 5.32 Å². The Morgan fingerprint density at radius 1 is 1.14 bits per heavy atom. The van der Waals surface area contributed by atoms with E-state index in [0.717, 1.165) is 43.5 Å². The molecular weight excluding hydrogens is 400 g/mol. The van der Waals surface area contributed by atoms with Crippen molar-refractivity contribution < 1.29 is 9.21 Å². The van der Waals surface area contributed by atoms with Crippen LogP contribution in [0.1, 0.15) is 63.2 Å². The van der Waals surface area contributed by atoms with E-state index in [0.29, 0.717) is 16.5 Å². The first-order valence-electron chi connectivity index (χ1n) is 11.6. The Kier molecular flexibility index (Phi) is 6.22. The number of hydrogen-bond acceptors (Lipinski definition) is 5. The van der Waals surface area contributed by atoms with Crippen molar-refractivity contribution in [3.8, 4) is 0 Å². The first kappa shape index (κ1) is 20.3. The van der Waals surface area contributed by atoms with Crippen molar-refractivity contribution in [2.24, 2.45) is 17.8 Å². The third-order valence-corrected chi connectivity index (χ3v) is 11.7. The molecule has 3 heterocycles. The monoisotopic (exact) mass is 434 g/mol. The molecule has 1 amide bonds. The van der Waals surface area contributed by atoms with Gasteiger partial charge < -0.3 is 9.73 Å². The zero-order chi connectivity index (χ0) is 19.7. The number of rotatable bonds is 5. The van der Waals surface area contributed by atoms with Crippen LogP contribution in [-0.4, -0.2) is 46.0 Å². The highest BCUT2D eigenvalue weighted by molar-refractivity contribution is 8.21. The molecule has 4 nitrogen and oxygen atoms in total. The van der Waals surface area contributed by atoms with Gasteiger partial charge in [-0.3, -0.25) is 9.69 Å². The summed E-state index contributed by atoms with van der Waals surface area (Å²) in [7, 11) is 0. The Hall–Kier alpha value is -0.590. The molecule has 160 valence electrons. The molecule has 4 atom stereocenters. The number of hydrogen-bond donors (Lipinski definition) is 1. The van der Waals surface area contributed by atoms with Gasteiger partial charge in [-0.2, -0.15) is 0 Å². The van der Waals surface area contributed by atoms with Crippen molar-refractivity contribution in [3.63, 3.8) is 0 Å². The van der Waals surface area contributed by atoms with Crippen LogP contribution in [0.5, 0.6) is 0 Å². The first-order valence-corrected chi connectivity index (χ1v) is 13.6. The number of piperidine rings is 1. The highest BCUT2D eigenvalue weighted by atomic mass is 32.2. The molecule has 6 heteroatoms.